The number of benzene rings is 2. The van der Waals surface area contributed by atoms with Crippen LogP contribution in [0.1, 0.15) is 13.8 Å². The van der Waals surface area contributed by atoms with Crippen molar-refractivity contribution in [3.05, 3.63) is 53.0 Å². The van der Waals surface area contributed by atoms with E-state index in [9.17, 15) is 9.59 Å². The molecule has 1 aliphatic rings. The summed E-state index contributed by atoms with van der Waals surface area (Å²) in [5.74, 6) is 0.00515. The van der Waals surface area contributed by atoms with Gasteiger partial charge >= 0.3 is 0 Å². The number of amides is 2. The van der Waals surface area contributed by atoms with Crippen molar-refractivity contribution >= 4 is 50.9 Å². The molecule has 24 heavy (non-hydrogen) atoms. The maximum Gasteiger partial charge on any atom is 0.250 e. The lowest BCUT2D eigenvalue weighted by Gasteiger charge is -2.42. The number of fused-ring (bicyclic) bond motifs is 1. The first-order valence-corrected chi connectivity index (χ1v) is 9.29. The number of halogens is 1. The Balaban J connectivity index is 1.84. The zero-order valence-electron chi connectivity index (χ0n) is 13.4. The highest BCUT2D eigenvalue weighted by Crippen LogP contribution is 2.37. The van der Waals surface area contributed by atoms with E-state index < -0.39 is 5.54 Å². The number of carbonyl (C=O) groups excluding carboxylic acids is 2. The lowest BCUT2D eigenvalue weighted by molar-refractivity contribution is -0.125. The number of hydrogen-bond acceptors (Lipinski definition) is 3. The number of anilines is 2. The molecule has 0 radical (unpaired) electrons. The first-order chi connectivity index (χ1) is 11.4. The van der Waals surface area contributed by atoms with Crippen LogP contribution in [0.25, 0.3) is 0 Å². The average Bonchev–Trinajstić information content (AvgIpc) is 2.55. The third kappa shape index (κ3) is 3.21. The number of hydrogen-bond donors (Lipinski definition) is 1. The van der Waals surface area contributed by atoms with Crippen molar-refractivity contribution in [2.45, 2.75) is 24.3 Å². The van der Waals surface area contributed by atoms with Gasteiger partial charge in [0, 0.05) is 9.37 Å². The van der Waals surface area contributed by atoms with Crippen LogP contribution in [0.3, 0.4) is 0 Å². The zero-order chi connectivity index (χ0) is 17.3. The van der Waals surface area contributed by atoms with Gasteiger partial charge < -0.3 is 5.32 Å². The van der Waals surface area contributed by atoms with Crippen molar-refractivity contribution in [3.63, 3.8) is 0 Å². The normalized spacial score (nSPS) is 15.6. The van der Waals surface area contributed by atoms with E-state index in [-0.39, 0.29) is 17.6 Å². The summed E-state index contributed by atoms with van der Waals surface area (Å²) in [7, 11) is 0. The Kier molecular flexibility index (Phi) is 4.69. The minimum absolute atomic E-state index is 0.0878. The number of para-hydroxylation sites is 2. The van der Waals surface area contributed by atoms with E-state index in [0.29, 0.717) is 5.69 Å². The fourth-order valence-electron chi connectivity index (χ4n) is 2.64. The van der Waals surface area contributed by atoms with E-state index in [1.807, 2.05) is 48.5 Å². The summed E-state index contributed by atoms with van der Waals surface area (Å²) in [5.41, 5.74) is 0.485. The fraction of sp³-hybridized carbons (Fsp3) is 0.222. The van der Waals surface area contributed by atoms with E-state index in [1.54, 1.807) is 18.7 Å². The molecule has 0 aliphatic carbocycles. The Labute approximate surface area is 153 Å². The molecule has 0 fully saturated rings. The number of thioether (sulfide) groups is 1. The largest absolute Gasteiger partial charge is 0.322 e. The van der Waals surface area contributed by atoms with Crippen LogP contribution < -0.4 is 10.2 Å². The molecule has 6 heteroatoms. The summed E-state index contributed by atoms with van der Waals surface area (Å²) >= 11 is 4.86. The first-order valence-electron chi connectivity index (χ1n) is 7.51. The number of nitrogens with zero attached hydrogens (tertiary/aromatic N) is 1. The van der Waals surface area contributed by atoms with Crippen molar-refractivity contribution in [1.82, 2.24) is 0 Å². The molecule has 0 spiro atoms. The topological polar surface area (TPSA) is 49.4 Å². The van der Waals surface area contributed by atoms with Crippen molar-refractivity contribution in [2.24, 2.45) is 0 Å². The maximum atomic E-state index is 12.9. The zero-order valence-corrected chi connectivity index (χ0v) is 15.8. The molecule has 2 aromatic carbocycles. The number of carbonyl (C=O) groups is 2. The second kappa shape index (κ2) is 6.61. The Morgan fingerprint density at radius 3 is 2.54 bits per heavy atom. The molecule has 0 saturated heterocycles. The highest BCUT2D eigenvalue weighted by molar-refractivity contribution is 9.10. The van der Waals surface area contributed by atoms with Gasteiger partial charge in [-0.3, -0.25) is 14.5 Å². The molecule has 2 aromatic rings. The molecule has 3 rings (SSSR count). The van der Waals surface area contributed by atoms with Crippen molar-refractivity contribution in [1.29, 1.82) is 0 Å². The fourth-order valence-corrected chi connectivity index (χ4v) is 3.65. The predicted octanol–water partition coefficient (Wildman–Crippen LogP) is 4.31. The van der Waals surface area contributed by atoms with Crippen LogP contribution in [0.4, 0.5) is 11.4 Å². The molecule has 0 saturated carbocycles. The van der Waals surface area contributed by atoms with Crippen LogP contribution in [0.2, 0.25) is 0 Å². The predicted molar refractivity (Wildman–Crippen MR) is 102 cm³/mol. The third-order valence-electron chi connectivity index (χ3n) is 3.93. The molecular weight excluding hydrogens is 388 g/mol. The average molecular weight is 405 g/mol. The minimum atomic E-state index is -0.925. The van der Waals surface area contributed by atoms with Crippen LogP contribution in [-0.4, -0.2) is 23.1 Å². The van der Waals surface area contributed by atoms with Gasteiger partial charge in [0.05, 0.1) is 17.1 Å². The molecule has 0 atom stereocenters. The van der Waals surface area contributed by atoms with Gasteiger partial charge in [-0.15, -0.1) is 11.8 Å². The first kappa shape index (κ1) is 17.0. The summed E-state index contributed by atoms with van der Waals surface area (Å²) in [6, 6.07) is 15.2. The lowest BCUT2D eigenvalue weighted by Crippen LogP contribution is -2.58. The van der Waals surface area contributed by atoms with E-state index in [2.05, 4.69) is 21.2 Å². The summed E-state index contributed by atoms with van der Waals surface area (Å²) in [4.78, 5) is 27.9. The van der Waals surface area contributed by atoms with Gasteiger partial charge in [-0.25, -0.2) is 0 Å². The maximum absolute atomic E-state index is 12.9. The van der Waals surface area contributed by atoms with Gasteiger partial charge in [-0.2, -0.15) is 0 Å². The van der Waals surface area contributed by atoms with Gasteiger partial charge in [0.1, 0.15) is 5.54 Å². The molecule has 2 amide bonds. The van der Waals surface area contributed by atoms with Crippen molar-refractivity contribution in [3.8, 4) is 0 Å². The minimum Gasteiger partial charge on any atom is -0.322 e. The van der Waals surface area contributed by atoms with Crippen LogP contribution in [0.5, 0.6) is 0 Å². The summed E-state index contributed by atoms with van der Waals surface area (Å²) in [5, 5.41) is 2.87. The van der Waals surface area contributed by atoms with E-state index in [1.165, 1.54) is 11.8 Å². The second-order valence-electron chi connectivity index (χ2n) is 6.00. The van der Waals surface area contributed by atoms with Gasteiger partial charge in [-0.05, 0) is 50.2 Å². The molecule has 1 N–H and O–H groups in total. The van der Waals surface area contributed by atoms with Crippen LogP contribution in [0, 0.1) is 0 Å². The highest BCUT2D eigenvalue weighted by Gasteiger charge is 2.43. The summed E-state index contributed by atoms with van der Waals surface area (Å²) in [6.45, 7) is 3.53. The SMILES string of the molecule is CC1(C)C(=O)Nc2ccccc2N1C(=O)CSc1ccc(Br)cc1. The van der Waals surface area contributed by atoms with E-state index >= 15 is 0 Å². The Morgan fingerprint density at radius 1 is 1.17 bits per heavy atom. The van der Waals surface area contributed by atoms with Crippen molar-refractivity contribution in [2.75, 3.05) is 16.0 Å². The van der Waals surface area contributed by atoms with Gasteiger partial charge in [0.2, 0.25) is 11.8 Å². The summed E-state index contributed by atoms with van der Waals surface area (Å²) in [6.07, 6.45) is 0. The quantitative estimate of drug-likeness (QED) is 0.775. The smallest absolute Gasteiger partial charge is 0.250 e. The van der Waals surface area contributed by atoms with E-state index in [4.69, 9.17) is 0 Å². The van der Waals surface area contributed by atoms with E-state index in [0.717, 1.165) is 15.1 Å². The molecule has 1 heterocycles. The Bertz CT molecular complexity index is 790. The standard InChI is InChI=1S/C18H17BrN2O2S/c1-18(2)17(23)20-14-5-3-4-6-15(14)21(18)16(22)11-24-13-9-7-12(19)8-10-13/h3-10H,11H2,1-2H3,(H,20,23). The van der Waals surface area contributed by atoms with Crippen LogP contribution in [-0.2, 0) is 9.59 Å². The Morgan fingerprint density at radius 2 is 1.83 bits per heavy atom. The molecular formula is C18H17BrN2O2S. The number of nitrogens with one attached hydrogen (secondary N) is 1. The van der Waals surface area contributed by atoms with Gasteiger partial charge in [0.15, 0.2) is 0 Å². The van der Waals surface area contributed by atoms with Gasteiger partial charge in [-0.1, -0.05) is 28.1 Å². The van der Waals surface area contributed by atoms with Crippen molar-refractivity contribution < 1.29 is 9.59 Å². The van der Waals surface area contributed by atoms with Gasteiger partial charge in [0.25, 0.3) is 0 Å². The molecule has 124 valence electrons. The number of rotatable bonds is 3. The molecule has 4 nitrogen and oxygen atoms in total. The monoisotopic (exact) mass is 404 g/mol. The summed E-state index contributed by atoms with van der Waals surface area (Å²) < 4.78 is 1.00. The Hall–Kier alpha value is -1.79. The molecule has 0 aromatic heterocycles. The highest BCUT2D eigenvalue weighted by atomic mass is 79.9. The molecule has 1 aliphatic heterocycles. The molecule has 0 unspecified atom stereocenters. The lowest BCUT2D eigenvalue weighted by atomic mass is 9.96. The second-order valence-corrected chi connectivity index (χ2v) is 7.97. The molecule has 0 bridgehead atoms. The van der Waals surface area contributed by atoms with Crippen LogP contribution in [0.15, 0.2) is 57.9 Å². The third-order valence-corrected chi connectivity index (χ3v) is 5.46. The van der Waals surface area contributed by atoms with Crippen LogP contribution >= 0.6 is 27.7 Å².